The van der Waals surface area contributed by atoms with Gasteiger partial charge >= 0.3 is 0 Å². The summed E-state index contributed by atoms with van der Waals surface area (Å²) in [5.74, 6) is -0.107. The van der Waals surface area contributed by atoms with E-state index in [4.69, 9.17) is 11.6 Å². The van der Waals surface area contributed by atoms with Gasteiger partial charge in [-0.3, -0.25) is 9.10 Å². The Labute approximate surface area is 160 Å². The van der Waals surface area contributed by atoms with E-state index in [1.165, 1.54) is 24.3 Å². The number of carbonyl (C=O) groups excluding carboxylic acids is 1. The highest BCUT2D eigenvalue weighted by Crippen LogP contribution is 2.24. The molecule has 1 atom stereocenters. The minimum Gasteiger partial charge on any atom is -0.352 e. The zero-order valence-corrected chi connectivity index (χ0v) is 16.6. The van der Waals surface area contributed by atoms with Crippen molar-refractivity contribution in [3.8, 4) is 0 Å². The summed E-state index contributed by atoms with van der Waals surface area (Å²) >= 11 is 5.86. The Morgan fingerprint density at radius 1 is 1.04 bits per heavy atom. The number of nitrogens with zero attached hydrogens (tertiary/aromatic N) is 1. The van der Waals surface area contributed by atoms with Gasteiger partial charge in [-0.15, -0.1) is 0 Å². The Balaban J connectivity index is 2.36. The number of rotatable bonds is 7. The molecule has 0 saturated carbocycles. The Hall–Kier alpha value is -2.05. The number of benzene rings is 2. The fourth-order valence-electron chi connectivity index (χ4n) is 2.24. The molecule has 26 heavy (non-hydrogen) atoms. The molecule has 0 heterocycles. The largest absolute Gasteiger partial charge is 0.352 e. The maximum absolute atomic E-state index is 13.1. The standard InChI is InChI=1S/C19H23ClN2O3S/c1-14(2)15(3)21-19(23)13-22(17-7-5-4-6-8-17)26(24,25)18-11-9-16(20)10-12-18/h4-12,14-15H,13H2,1-3H3,(H,21,23). The lowest BCUT2D eigenvalue weighted by Gasteiger charge is -2.25. The lowest BCUT2D eigenvalue weighted by atomic mass is 10.1. The number of hydrogen-bond donors (Lipinski definition) is 1. The van der Waals surface area contributed by atoms with Crippen molar-refractivity contribution in [1.82, 2.24) is 5.32 Å². The average Bonchev–Trinajstić information content (AvgIpc) is 2.60. The minimum atomic E-state index is -3.91. The van der Waals surface area contributed by atoms with Gasteiger partial charge in [0.05, 0.1) is 10.6 Å². The van der Waals surface area contributed by atoms with Crippen molar-refractivity contribution in [2.75, 3.05) is 10.8 Å². The molecule has 140 valence electrons. The van der Waals surface area contributed by atoms with Crippen LogP contribution in [0.2, 0.25) is 5.02 Å². The van der Waals surface area contributed by atoms with Crippen molar-refractivity contribution in [1.29, 1.82) is 0 Å². The number of para-hydroxylation sites is 1. The molecule has 1 amide bonds. The minimum absolute atomic E-state index is 0.0571. The molecule has 7 heteroatoms. The van der Waals surface area contributed by atoms with Crippen LogP contribution in [-0.4, -0.2) is 26.9 Å². The summed E-state index contributed by atoms with van der Waals surface area (Å²) in [6.45, 7) is 5.57. The van der Waals surface area contributed by atoms with Gasteiger partial charge < -0.3 is 5.32 Å². The summed E-state index contributed by atoms with van der Waals surface area (Å²) in [6, 6.07) is 14.4. The number of carbonyl (C=O) groups is 1. The number of sulfonamides is 1. The fourth-order valence-corrected chi connectivity index (χ4v) is 3.79. The van der Waals surface area contributed by atoms with E-state index in [1.54, 1.807) is 30.3 Å². The molecule has 0 saturated heterocycles. The first-order chi connectivity index (χ1) is 12.2. The van der Waals surface area contributed by atoms with Gasteiger partial charge in [0.15, 0.2) is 0 Å². The van der Waals surface area contributed by atoms with E-state index in [9.17, 15) is 13.2 Å². The van der Waals surface area contributed by atoms with Gasteiger partial charge in [-0.25, -0.2) is 8.42 Å². The Morgan fingerprint density at radius 3 is 2.15 bits per heavy atom. The first kappa shape index (κ1) is 20.3. The van der Waals surface area contributed by atoms with Crippen LogP contribution in [0.25, 0.3) is 0 Å². The van der Waals surface area contributed by atoms with Gasteiger partial charge in [0.2, 0.25) is 5.91 Å². The first-order valence-electron chi connectivity index (χ1n) is 8.34. The summed E-state index contributed by atoms with van der Waals surface area (Å²) in [5.41, 5.74) is 0.426. The molecule has 0 aromatic heterocycles. The third-order valence-corrected chi connectivity index (χ3v) is 6.16. The third-order valence-electron chi connectivity index (χ3n) is 4.12. The smallest absolute Gasteiger partial charge is 0.264 e. The molecule has 2 aromatic carbocycles. The molecule has 0 bridgehead atoms. The molecule has 0 radical (unpaired) electrons. The second kappa shape index (κ2) is 8.56. The van der Waals surface area contributed by atoms with Crippen LogP contribution in [0.1, 0.15) is 20.8 Å². The Morgan fingerprint density at radius 2 is 1.62 bits per heavy atom. The molecule has 0 aliphatic heterocycles. The van der Waals surface area contributed by atoms with Crippen LogP contribution in [-0.2, 0) is 14.8 Å². The quantitative estimate of drug-likeness (QED) is 0.778. The molecule has 0 aliphatic carbocycles. The zero-order chi connectivity index (χ0) is 19.3. The van der Waals surface area contributed by atoms with Crippen molar-refractivity contribution in [2.24, 2.45) is 5.92 Å². The molecule has 0 fully saturated rings. The van der Waals surface area contributed by atoms with Crippen molar-refractivity contribution in [3.63, 3.8) is 0 Å². The number of anilines is 1. The van der Waals surface area contributed by atoms with E-state index in [0.717, 1.165) is 4.31 Å². The van der Waals surface area contributed by atoms with Crippen LogP contribution in [0.15, 0.2) is 59.5 Å². The number of amides is 1. The van der Waals surface area contributed by atoms with Gasteiger partial charge in [-0.05, 0) is 49.2 Å². The van der Waals surface area contributed by atoms with Crippen molar-refractivity contribution >= 4 is 33.2 Å². The van der Waals surface area contributed by atoms with Crippen LogP contribution >= 0.6 is 11.6 Å². The van der Waals surface area contributed by atoms with Crippen LogP contribution in [0.4, 0.5) is 5.69 Å². The predicted molar refractivity (Wildman–Crippen MR) is 105 cm³/mol. The number of hydrogen-bond acceptors (Lipinski definition) is 3. The summed E-state index contributed by atoms with van der Waals surface area (Å²) in [6.07, 6.45) is 0. The molecule has 2 aromatic rings. The van der Waals surface area contributed by atoms with Crippen LogP contribution in [0, 0.1) is 5.92 Å². The second-order valence-electron chi connectivity index (χ2n) is 6.40. The highest BCUT2D eigenvalue weighted by molar-refractivity contribution is 7.92. The SMILES string of the molecule is CC(C)C(C)NC(=O)CN(c1ccccc1)S(=O)(=O)c1ccc(Cl)cc1. The fraction of sp³-hybridized carbons (Fsp3) is 0.316. The van der Waals surface area contributed by atoms with Crippen molar-refractivity contribution in [3.05, 3.63) is 59.6 Å². The third kappa shape index (κ3) is 4.99. The molecule has 0 aliphatic rings. The molecular formula is C19H23ClN2O3S. The van der Waals surface area contributed by atoms with Gasteiger partial charge in [0.25, 0.3) is 10.0 Å². The molecule has 5 nitrogen and oxygen atoms in total. The lowest BCUT2D eigenvalue weighted by Crippen LogP contribution is -2.44. The first-order valence-corrected chi connectivity index (χ1v) is 10.2. The molecule has 0 spiro atoms. The highest BCUT2D eigenvalue weighted by Gasteiger charge is 2.27. The van der Waals surface area contributed by atoms with Gasteiger partial charge in [0.1, 0.15) is 6.54 Å². The van der Waals surface area contributed by atoms with Crippen LogP contribution in [0.5, 0.6) is 0 Å². The molecule has 1 N–H and O–H groups in total. The Kier molecular flexibility index (Phi) is 6.67. The van der Waals surface area contributed by atoms with Crippen LogP contribution in [0.3, 0.4) is 0 Å². The predicted octanol–water partition coefficient (Wildman–Crippen LogP) is 3.70. The van der Waals surface area contributed by atoms with Crippen LogP contribution < -0.4 is 9.62 Å². The normalized spacial score (nSPS) is 12.7. The zero-order valence-electron chi connectivity index (χ0n) is 15.0. The number of halogens is 1. The lowest BCUT2D eigenvalue weighted by molar-refractivity contribution is -0.120. The van der Waals surface area contributed by atoms with Crippen molar-refractivity contribution < 1.29 is 13.2 Å². The van der Waals surface area contributed by atoms with Gasteiger partial charge in [-0.1, -0.05) is 43.6 Å². The highest BCUT2D eigenvalue weighted by atomic mass is 35.5. The molecular weight excluding hydrogens is 372 g/mol. The van der Waals surface area contributed by atoms with E-state index in [1.807, 2.05) is 20.8 Å². The Bertz CT molecular complexity index is 837. The average molecular weight is 395 g/mol. The van der Waals surface area contributed by atoms with Gasteiger partial charge in [-0.2, -0.15) is 0 Å². The van der Waals surface area contributed by atoms with E-state index >= 15 is 0 Å². The summed E-state index contributed by atoms with van der Waals surface area (Å²) < 4.78 is 27.3. The molecule has 1 unspecified atom stereocenters. The van der Waals surface area contributed by atoms with Crippen molar-refractivity contribution in [2.45, 2.75) is 31.7 Å². The summed E-state index contributed by atoms with van der Waals surface area (Å²) in [5, 5.41) is 3.29. The second-order valence-corrected chi connectivity index (χ2v) is 8.70. The molecule has 2 rings (SSSR count). The van der Waals surface area contributed by atoms with E-state index in [0.29, 0.717) is 10.7 Å². The monoisotopic (exact) mass is 394 g/mol. The maximum Gasteiger partial charge on any atom is 0.264 e. The summed E-state index contributed by atoms with van der Waals surface area (Å²) in [4.78, 5) is 12.5. The van der Waals surface area contributed by atoms with Gasteiger partial charge in [0, 0.05) is 11.1 Å². The van der Waals surface area contributed by atoms with E-state index in [-0.39, 0.29) is 29.3 Å². The maximum atomic E-state index is 13.1. The number of nitrogens with one attached hydrogen (secondary N) is 1. The topological polar surface area (TPSA) is 66.5 Å². The van der Waals surface area contributed by atoms with E-state index in [2.05, 4.69) is 5.32 Å². The van der Waals surface area contributed by atoms with E-state index < -0.39 is 10.0 Å². The summed E-state index contributed by atoms with van der Waals surface area (Å²) in [7, 11) is -3.91.